The molecule has 0 heterocycles. The fraction of sp³-hybridized carbons (Fsp3) is 0.316. The number of benzene rings is 4. The van der Waals surface area contributed by atoms with E-state index < -0.39 is 0 Å². The molecule has 0 fully saturated rings. The topological polar surface area (TPSA) is 93.1 Å². The van der Waals surface area contributed by atoms with Gasteiger partial charge in [-0.2, -0.15) is 0 Å². The van der Waals surface area contributed by atoms with E-state index in [2.05, 4.69) is 116 Å². The van der Waals surface area contributed by atoms with Crippen LogP contribution in [0.15, 0.2) is 97.1 Å². The average Bonchev–Trinajstić information content (AvgIpc) is 3.07. The van der Waals surface area contributed by atoms with Crippen LogP contribution in [0.25, 0.3) is 10.6 Å². The molecule has 0 bridgehead atoms. The molecule has 0 saturated carbocycles. The van der Waals surface area contributed by atoms with E-state index in [-0.39, 0.29) is 23.1 Å². The molecule has 0 radical (unpaired) electrons. The minimum atomic E-state index is 0. The van der Waals surface area contributed by atoms with E-state index in [9.17, 15) is 0 Å². The summed E-state index contributed by atoms with van der Waals surface area (Å²) < 4.78 is 18.6. The van der Waals surface area contributed by atoms with Gasteiger partial charge < -0.3 is 28.9 Å². The van der Waals surface area contributed by atoms with Gasteiger partial charge in [0.2, 0.25) is 0 Å². The molecule has 4 aromatic rings. The van der Waals surface area contributed by atoms with Gasteiger partial charge in [-0.25, -0.2) is 10.6 Å². The summed E-state index contributed by atoms with van der Waals surface area (Å²) in [6, 6.07) is 32.7. The number of aryl methyl sites for hydroxylation is 4. The van der Waals surface area contributed by atoms with Crippen molar-refractivity contribution in [2.45, 2.75) is 27.7 Å². The van der Waals surface area contributed by atoms with Gasteiger partial charge in [0.05, 0.1) is 50.5 Å². The largest absolute Gasteiger partial charge is 2.00 e. The summed E-state index contributed by atoms with van der Waals surface area (Å²) >= 11 is 0. The van der Waals surface area contributed by atoms with Crippen LogP contribution in [0.4, 0.5) is 22.7 Å². The van der Waals surface area contributed by atoms with Crippen molar-refractivity contribution in [3.63, 3.8) is 0 Å². The number of rotatable bonds is 12. The summed E-state index contributed by atoms with van der Waals surface area (Å²) in [5, 5.41) is 8.66. The molecule has 0 unspecified atom stereocenters. The van der Waals surface area contributed by atoms with Crippen LogP contribution in [-0.4, -0.2) is 90.6 Å². The molecule has 8 nitrogen and oxygen atoms in total. The molecule has 47 heavy (non-hydrogen) atoms. The van der Waals surface area contributed by atoms with Crippen molar-refractivity contribution in [1.29, 1.82) is 0 Å². The van der Waals surface area contributed by atoms with Gasteiger partial charge in [-0.15, -0.1) is 0 Å². The molecule has 0 aliphatic carbocycles. The van der Waals surface area contributed by atoms with Crippen molar-refractivity contribution >= 4 is 58.5 Å². The molecular formula is C38H52MgN4O4+2. The normalized spacial score (nSPS) is 10.0. The molecule has 0 aromatic heterocycles. The van der Waals surface area contributed by atoms with Crippen LogP contribution < -0.4 is 9.98 Å². The molecule has 0 aliphatic rings. The minimum absolute atomic E-state index is 0. The standard InChI is InChI=1S/2C15H15N2.2C4H10O2.Mg/c2*1-12-3-7-14(8-4-12)16-11-17-15-9-5-13(2)6-10-15;2*1-5-3-4-6-2;/h2*3-11H,1-2H3;2*3-4H2,1-2H3;/q2*-1;;;+2/p+2. The van der Waals surface area contributed by atoms with Crippen LogP contribution in [0, 0.1) is 27.7 Å². The maximum atomic E-state index is 4.66. The Morgan fingerprint density at radius 3 is 0.894 bits per heavy atom. The smallest absolute Gasteiger partial charge is 0.382 e. The molecule has 0 atom stereocenters. The van der Waals surface area contributed by atoms with Crippen LogP contribution in [-0.2, 0) is 18.9 Å². The molecule has 0 saturated heterocycles. The fourth-order valence-electron chi connectivity index (χ4n) is 3.26. The van der Waals surface area contributed by atoms with Crippen molar-refractivity contribution in [2.24, 2.45) is 0 Å². The Bertz CT molecular complexity index is 1230. The summed E-state index contributed by atoms with van der Waals surface area (Å²) in [7, 11) is 6.61. The van der Waals surface area contributed by atoms with E-state index in [0.29, 0.717) is 26.4 Å². The fourth-order valence-corrected chi connectivity index (χ4v) is 3.26. The van der Waals surface area contributed by atoms with E-state index in [1.807, 2.05) is 48.5 Å². The van der Waals surface area contributed by atoms with Crippen LogP contribution in [0.3, 0.4) is 0 Å². The number of hydrogen-bond donors (Lipinski definition) is 2. The molecule has 9 heteroatoms. The van der Waals surface area contributed by atoms with Gasteiger partial charge in [-0.1, -0.05) is 70.8 Å². The number of methoxy groups -OCH3 is 4. The maximum Gasteiger partial charge on any atom is 2.00 e. The minimum Gasteiger partial charge on any atom is -0.382 e. The second-order valence-corrected chi connectivity index (χ2v) is 10.2. The predicted octanol–water partition coefficient (Wildman–Crippen LogP) is 5.68. The molecule has 4 aromatic carbocycles. The van der Waals surface area contributed by atoms with E-state index in [1.165, 1.54) is 22.3 Å². The van der Waals surface area contributed by atoms with Crippen molar-refractivity contribution in [3.05, 3.63) is 130 Å². The van der Waals surface area contributed by atoms with Gasteiger partial charge >= 0.3 is 23.1 Å². The molecule has 0 aliphatic heterocycles. The van der Waals surface area contributed by atoms with Gasteiger partial charge in [0, 0.05) is 39.8 Å². The van der Waals surface area contributed by atoms with Gasteiger partial charge in [-0.3, -0.25) is 0 Å². The zero-order valence-corrected chi connectivity index (χ0v) is 30.9. The molecule has 0 amide bonds. The first-order valence-electron chi connectivity index (χ1n) is 15.1. The first-order valence-corrected chi connectivity index (χ1v) is 15.1. The van der Waals surface area contributed by atoms with E-state index in [1.54, 1.807) is 41.1 Å². The number of hydrogen-bond acceptors (Lipinski definition) is 4. The molecule has 4 rings (SSSR count). The van der Waals surface area contributed by atoms with Crippen LogP contribution in [0.2, 0.25) is 0 Å². The van der Waals surface area contributed by atoms with Gasteiger partial charge in [0.1, 0.15) is 0 Å². The van der Waals surface area contributed by atoms with Gasteiger partial charge in [0.15, 0.2) is 0 Å². The van der Waals surface area contributed by atoms with Crippen molar-refractivity contribution in [2.75, 3.05) is 54.9 Å². The molecule has 2 N–H and O–H groups in total. The molecule has 248 valence electrons. The Morgan fingerprint density at radius 2 is 0.660 bits per heavy atom. The van der Waals surface area contributed by atoms with Crippen LogP contribution >= 0.6 is 0 Å². The maximum absolute atomic E-state index is 4.66. The number of nitrogens with one attached hydrogen (secondary N) is 2. The molecular weight excluding hydrogens is 601 g/mol. The summed E-state index contributed by atoms with van der Waals surface area (Å²) in [5.74, 6) is 0. The van der Waals surface area contributed by atoms with Gasteiger partial charge in [-0.05, 0) is 76.2 Å². The summed E-state index contributed by atoms with van der Waals surface area (Å²) in [5.41, 5.74) is 9.01. The third kappa shape index (κ3) is 23.4. The van der Waals surface area contributed by atoms with Gasteiger partial charge in [0.25, 0.3) is 0 Å². The van der Waals surface area contributed by atoms with E-state index in [4.69, 9.17) is 0 Å². The Kier molecular flexibility index (Phi) is 26.5. The second-order valence-electron chi connectivity index (χ2n) is 10.2. The first-order chi connectivity index (χ1) is 22.3. The Hall–Kier alpha value is -3.57. The third-order valence-corrected chi connectivity index (χ3v) is 6.04. The van der Waals surface area contributed by atoms with Crippen molar-refractivity contribution in [1.82, 2.24) is 0 Å². The number of nitrogens with zero attached hydrogens (tertiary/aromatic N) is 2. The van der Waals surface area contributed by atoms with Crippen molar-refractivity contribution in [3.8, 4) is 0 Å². The second kappa shape index (κ2) is 28.6. The van der Waals surface area contributed by atoms with E-state index >= 15 is 0 Å². The van der Waals surface area contributed by atoms with Crippen molar-refractivity contribution < 1.29 is 28.9 Å². The average molecular weight is 653 g/mol. The summed E-state index contributed by atoms with van der Waals surface area (Å²) in [6.45, 7) is 11.0. The zero-order chi connectivity index (χ0) is 33.8. The Balaban J connectivity index is 0.000000664. The van der Waals surface area contributed by atoms with Crippen LogP contribution in [0.1, 0.15) is 22.3 Å². The third-order valence-electron chi connectivity index (χ3n) is 6.04. The summed E-state index contributed by atoms with van der Waals surface area (Å²) in [6.07, 6.45) is 3.44. The molecule has 0 spiro atoms. The zero-order valence-electron chi connectivity index (χ0n) is 29.5. The summed E-state index contributed by atoms with van der Waals surface area (Å²) in [4.78, 5) is 6.29. The SMILES string of the molecule is COCCOC.COCCOC.Cc1ccc([N-]C=[NH+]c2ccc(C)cc2)cc1.Cc1ccc([N-]C=[NH+]c2ccc(C)cc2)cc1.[Mg+2]. The first kappa shape index (κ1) is 43.4. The quantitative estimate of drug-likeness (QED) is 0.0892. The van der Waals surface area contributed by atoms with Crippen LogP contribution in [0.5, 0.6) is 0 Å². The van der Waals surface area contributed by atoms with E-state index in [0.717, 1.165) is 22.7 Å². The Labute approximate surface area is 298 Å². The monoisotopic (exact) mass is 652 g/mol. The Morgan fingerprint density at radius 1 is 0.426 bits per heavy atom. The predicted molar refractivity (Wildman–Crippen MR) is 197 cm³/mol. The number of ether oxygens (including phenoxy) is 4.